The second kappa shape index (κ2) is 6.82. The lowest BCUT2D eigenvalue weighted by Gasteiger charge is -2.29. The molecule has 1 aromatic carbocycles. The normalized spacial score (nSPS) is 31.3. The van der Waals surface area contributed by atoms with Crippen LogP contribution in [0.25, 0.3) is 0 Å². The van der Waals surface area contributed by atoms with Gasteiger partial charge < -0.3 is 10.1 Å². The Balaban J connectivity index is 1.50. The number of anilines is 1. The molecule has 0 bridgehead atoms. The number of benzene rings is 1. The molecule has 3 fully saturated rings. The van der Waals surface area contributed by atoms with Crippen LogP contribution in [0.1, 0.15) is 11.5 Å². The number of halogens is 3. The second-order valence-corrected chi connectivity index (χ2v) is 9.55. The summed E-state index contributed by atoms with van der Waals surface area (Å²) in [5, 5.41) is 2.25. The maximum absolute atomic E-state index is 14.6. The number of nitrogens with one attached hydrogen (secondary N) is 1. The van der Waals surface area contributed by atoms with Crippen LogP contribution < -0.4 is 10.2 Å². The Labute approximate surface area is 160 Å². The molecule has 2 saturated heterocycles. The summed E-state index contributed by atoms with van der Waals surface area (Å²) in [6, 6.07) is 2.02. The Morgan fingerprint density at radius 3 is 2.43 bits per heavy atom. The molecule has 3 aliphatic rings. The lowest BCUT2D eigenvalue weighted by atomic mass is 10.1. The first kappa shape index (κ1) is 19.3. The van der Waals surface area contributed by atoms with Gasteiger partial charge in [0.25, 0.3) is 5.91 Å². The van der Waals surface area contributed by atoms with Gasteiger partial charge in [-0.25, -0.2) is 18.0 Å². The van der Waals surface area contributed by atoms with E-state index >= 15 is 0 Å². The van der Waals surface area contributed by atoms with E-state index in [1.807, 2.05) is 0 Å². The molecule has 7 nitrogen and oxygen atoms in total. The number of ether oxygens (including phenoxy) is 1. The summed E-state index contributed by atoms with van der Waals surface area (Å²) >= 11 is 0. The van der Waals surface area contributed by atoms with Crippen LogP contribution in [0.2, 0.25) is 0 Å². The molecular weight excluding hydrogens is 401 g/mol. The van der Waals surface area contributed by atoms with Crippen molar-refractivity contribution in [2.24, 2.45) is 11.8 Å². The largest absolute Gasteiger partial charge is 0.434 e. The number of hydrogen-bond donors (Lipinski definition) is 3. The first-order valence-electron chi connectivity index (χ1n) is 8.76. The third kappa shape index (κ3) is 3.31. The average molecular weight is 420 g/mol. The summed E-state index contributed by atoms with van der Waals surface area (Å²) in [5.41, 5.74) is -0.196. The van der Waals surface area contributed by atoms with Crippen LogP contribution in [-0.2, 0) is 9.53 Å². The van der Waals surface area contributed by atoms with Crippen LogP contribution in [0, 0.1) is 23.5 Å². The summed E-state index contributed by atoms with van der Waals surface area (Å²) in [6.45, 7) is -1.24. The Hall–Kier alpha value is -1.98. The molecule has 3 N–H and O–H groups in total. The molecule has 4 atom stereocenters. The van der Waals surface area contributed by atoms with Crippen LogP contribution >= 0.6 is 10.6 Å². The highest BCUT2D eigenvalue weighted by atomic mass is 32.3. The predicted octanol–water partition coefficient (Wildman–Crippen LogP) is 2.47. The fraction of sp³-hybridized carbons (Fsp3) is 0.529. The fourth-order valence-electron chi connectivity index (χ4n) is 4.15. The molecule has 1 aromatic rings. The van der Waals surface area contributed by atoms with Gasteiger partial charge in [-0.05, 0) is 29.9 Å². The monoisotopic (exact) mass is 420 g/mol. The van der Waals surface area contributed by atoms with Gasteiger partial charge in [-0.3, -0.25) is 18.8 Å². The fourth-order valence-corrected chi connectivity index (χ4v) is 6.43. The van der Waals surface area contributed by atoms with Gasteiger partial charge in [-0.1, -0.05) is 0 Å². The summed E-state index contributed by atoms with van der Waals surface area (Å²) in [5.74, 6) is -2.75. The van der Waals surface area contributed by atoms with Crippen LogP contribution in [0.3, 0.4) is 0 Å². The number of rotatable bonds is 5. The van der Waals surface area contributed by atoms with Crippen molar-refractivity contribution in [2.75, 3.05) is 36.2 Å². The van der Waals surface area contributed by atoms with Gasteiger partial charge in [0.2, 0.25) is 0 Å². The molecule has 11 heteroatoms. The van der Waals surface area contributed by atoms with E-state index in [2.05, 4.69) is 5.32 Å². The standard InChI is InChI=1S/C17H19F3N2O5S/c18-1-2-21-16(23)13-5-22(17(24)27-13)8-3-11(19)15(12(20)4-8)14-9-6-28(25,26)7-10(9)14/h3-4,9-10,13-14,25-26H,1-2,5-7H2,(H,21,23)/t9-,10+,13-,14?/m1/s1. The maximum atomic E-state index is 14.6. The summed E-state index contributed by atoms with van der Waals surface area (Å²) in [4.78, 5) is 24.8. The molecular formula is C17H19F3N2O5S. The quantitative estimate of drug-likeness (QED) is 0.680. The number of amides is 2. The zero-order valence-electron chi connectivity index (χ0n) is 14.6. The molecule has 0 spiro atoms. The topological polar surface area (TPSA) is 99.1 Å². The molecule has 2 aliphatic heterocycles. The first-order valence-corrected chi connectivity index (χ1v) is 10.6. The van der Waals surface area contributed by atoms with Gasteiger partial charge in [-0.2, -0.15) is 10.6 Å². The third-order valence-electron chi connectivity index (χ3n) is 5.46. The van der Waals surface area contributed by atoms with Crippen molar-refractivity contribution in [2.45, 2.75) is 12.0 Å². The van der Waals surface area contributed by atoms with Gasteiger partial charge in [0, 0.05) is 23.6 Å². The lowest BCUT2D eigenvalue weighted by molar-refractivity contribution is -0.127. The van der Waals surface area contributed by atoms with Crippen LogP contribution in [0.5, 0.6) is 0 Å². The number of nitrogens with zero attached hydrogens (tertiary/aromatic N) is 1. The molecule has 2 amide bonds. The molecule has 2 heterocycles. The molecule has 1 unspecified atom stereocenters. The number of hydrogen-bond acceptors (Lipinski definition) is 5. The molecule has 154 valence electrons. The third-order valence-corrected chi connectivity index (χ3v) is 7.29. The molecule has 0 radical (unpaired) electrons. The van der Waals surface area contributed by atoms with Crippen molar-refractivity contribution in [3.8, 4) is 0 Å². The molecule has 1 saturated carbocycles. The van der Waals surface area contributed by atoms with Crippen molar-refractivity contribution in [3.63, 3.8) is 0 Å². The van der Waals surface area contributed by atoms with Crippen LogP contribution in [-0.4, -0.2) is 58.5 Å². The van der Waals surface area contributed by atoms with E-state index < -0.39 is 52.9 Å². The van der Waals surface area contributed by atoms with Gasteiger partial charge in [0.1, 0.15) is 18.3 Å². The molecule has 1 aliphatic carbocycles. The maximum Gasteiger partial charge on any atom is 0.415 e. The predicted molar refractivity (Wildman–Crippen MR) is 95.3 cm³/mol. The van der Waals surface area contributed by atoms with Crippen LogP contribution in [0.15, 0.2) is 12.1 Å². The van der Waals surface area contributed by atoms with Gasteiger partial charge in [0.15, 0.2) is 6.10 Å². The van der Waals surface area contributed by atoms with Gasteiger partial charge >= 0.3 is 6.09 Å². The Kier molecular flexibility index (Phi) is 4.71. The van der Waals surface area contributed by atoms with Crippen molar-refractivity contribution in [1.29, 1.82) is 0 Å². The van der Waals surface area contributed by atoms with Crippen molar-refractivity contribution >= 4 is 28.3 Å². The highest BCUT2D eigenvalue weighted by molar-refractivity contribution is 8.24. The van der Waals surface area contributed by atoms with E-state index in [0.717, 1.165) is 17.0 Å². The van der Waals surface area contributed by atoms with Crippen molar-refractivity contribution in [3.05, 3.63) is 29.3 Å². The zero-order chi connectivity index (χ0) is 20.2. The van der Waals surface area contributed by atoms with Gasteiger partial charge in [-0.15, -0.1) is 0 Å². The zero-order valence-corrected chi connectivity index (χ0v) is 15.4. The van der Waals surface area contributed by atoms with Crippen LogP contribution in [0.4, 0.5) is 23.7 Å². The van der Waals surface area contributed by atoms with E-state index in [1.54, 1.807) is 0 Å². The van der Waals surface area contributed by atoms with E-state index in [0.29, 0.717) is 0 Å². The van der Waals surface area contributed by atoms with Gasteiger partial charge in [0.05, 0.1) is 12.2 Å². The number of cyclic esters (lactones) is 1. The highest BCUT2D eigenvalue weighted by Crippen LogP contribution is 2.69. The van der Waals surface area contributed by atoms with Crippen molar-refractivity contribution in [1.82, 2.24) is 5.32 Å². The molecule has 0 aromatic heterocycles. The number of carbonyl (C=O) groups excluding carboxylic acids is 2. The Bertz CT molecular complexity index is 802. The summed E-state index contributed by atoms with van der Waals surface area (Å²) in [6.07, 6.45) is -2.12. The lowest BCUT2D eigenvalue weighted by Crippen LogP contribution is -2.38. The summed E-state index contributed by atoms with van der Waals surface area (Å²) in [7, 11) is -2.64. The minimum absolute atomic E-state index is 0.0837. The van der Waals surface area contributed by atoms with Crippen molar-refractivity contribution < 1.29 is 36.6 Å². The molecule has 28 heavy (non-hydrogen) atoms. The highest BCUT2D eigenvalue weighted by Gasteiger charge is 2.60. The minimum atomic E-state index is -2.64. The number of fused-ring (bicyclic) bond motifs is 1. The first-order chi connectivity index (χ1) is 13.2. The smallest absolute Gasteiger partial charge is 0.415 e. The van der Waals surface area contributed by atoms with E-state index in [-0.39, 0.29) is 47.7 Å². The Morgan fingerprint density at radius 2 is 1.86 bits per heavy atom. The number of alkyl halides is 1. The second-order valence-electron chi connectivity index (χ2n) is 7.28. The average Bonchev–Trinajstić information content (AvgIpc) is 2.95. The molecule has 4 rings (SSSR count). The minimum Gasteiger partial charge on any atom is -0.434 e. The summed E-state index contributed by atoms with van der Waals surface area (Å²) < 4.78 is 65.7. The SMILES string of the molecule is O=C(NCCF)[C@H]1CN(c2cc(F)c(C3[C@H]4CS(O)(O)C[C@@H]34)c(F)c2)C(=O)O1. The van der Waals surface area contributed by atoms with E-state index in [1.165, 1.54) is 0 Å². The number of carbonyl (C=O) groups is 2. The van der Waals surface area contributed by atoms with E-state index in [9.17, 15) is 31.9 Å². The Morgan fingerprint density at radius 1 is 1.25 bits per heavy atom. The van der Waals surface area contributed by atoms with E-state index in [4.69, 9.17) is 4.74 Å².